The molecule has 162 valence electrons. The van der Waals surface area contributed by atoms with Crippen LogP contribution in [0.15, 0.2) is 16.9 Å². The minimum absolute atomic E-state index is 0.278. The molecule has 2 aromatic rings. The van der Waals surface area contributed by atoms with E-state index in [9.17, 15) is 4.79 Å². The molecule has 4 heterocycles. The second-order valence-electron chi connectivity index (χ2n) is 7.89. The van der Waals surface area contributed by atoms with Gasteiger partial charge >= 0.3 is 0 Å². The summed E-state index contributed by atoms with van der Waals surface area (Å²) in [5.41, 5.74) is 1.84. The molecule has 0 spiro atoms. The molecule has 0 aromatic carbocycles. The minimum Gasteiger partial charge on any atom is -0.369 e. The van der Waals surface area contributed by atoms with Crippen LogP contribution in [0.3, 0.4) is 0 Å². The third kappa shape index (κ3) is 5.10. The first-order chi connectivity index (χ1) is 14.6. The van der Waals surface area contributed by atoms with Crippen LogP contribution in [0.25, 0.3) is 0 Å². The lowest BCUT2D eigenvalue weighted by Gasteiger charge is -2.26. The van der Waals surface area contributed by atoms with E-state index in [0.717, 1.165) is 80.1 Å². The molecule has 0 saturated carbocycles. The van der Waals surface area contributed by atoms with Gasteiger partial charge in [0.15, 0.2) is 0 Å². The van der Waals surface area contributed by atoms with Crippen LogP contribution >= 0.6 is 15.9 Å². The zero-order valence-corrected chi connectivity index (χ0v) is 18.9. The summed E-state index contributed by atoms with van der Waals surface area (Å²) in [6, 6.07) is 0.397. The standard InChI is InChI=1S/C20H29BrN8O/c1-14-17(13-29(27-14)15-6-8-22-11-15)25-20-24-12-16(21)19(26-20)23-7-4-10-28-9-3-2-5-18(28)30/h12-13,15,22H,2-11H2,1H3,(H2,23,24,25,26). The predicted octanol–water partition coefficient (Wildman–Crippen LogP) is 2.84. The summed E-state index contributed by atoms with van der Waals surface area (Å²) in [6.45, 7) is 6.38. The minimum atomic E-state index is 0.278. The number of hydrogen-bond acceptors (Lipinski definition) is 7. The topological polar surface area (TPSA) is 100 Å². The van der Waals surface area contributed by atoms with E-state index in [-0.39, 0.29) is 5.91 Å². The Morgan fingerprint density at radius 3 is 3.07 bits per heavy atom. The van der Waals surface area contributed by atoms with Gasteiger partial charge in [0.25, 0.3) is 0 Å². The van der Waals surface area contributed by atoms with E-state index in [0.29, 0.717) is 18.4 Å². The largest absolute Gasteiger partial charge is 0.369 e. The van der Waals surface area contributed by atoms with Crippen molar-refractivity contribution in [3.8, 4) is 0 Å². The number of nitrogens with zero attached hydrogens (tertiary/aromatic N) is 5. The van der Waals surface area contributed by atoms with Crippen molar-refractivity contribution in [1.82, 2.24) is 30.0 Å². The Labute approximate surface area is 185 Å². The quantitative estimate of drug-likeness (QED) is 0.503. The van der Waals surface area contributed by atoms with Gasteiger partial charge in [-0.1, -0.05) is 0 Å². The monoisotopic (exact) mass is 476 g/mol. The molecule has 10 heteroatoms. The van der Waals surface area contributed by atoms with Gasteiger partial charge in [-0.2, -0.15) is 10.1 Å². The number of amides is 1. The van der Waals surface area contributed by atoms with Gasteiger partial charge in [-0.3, -0.25) is 9.48 Å². The Kier molecular flexibility index (Phi) is 6.83. The smallest absolute Gasteiger partial charge is 0.229 e. The lowest BCUT2D eigenvalue weighted by atomic mass is 10.1. The first-order valence-electron chi connectivity index (χ1n) is 10.7. The number of carbonyl (C=O) groups excluding carboxylic acids is 1. The summed E-state index contributed by atoms with van der Waals surface area (Å²) in [5, 5.41) is 14.7. The number of nitrogens with one attached hydrogen (secondary N) is 3. The maximum atomic E-state index is 11.9. The Morgan fingerprint density at radius 2 is 2.27 bits per heavy atom. The highest BCUT2D eigenvalue weighted by Crippen LogP contribution is 2.25. The number of aryl methyl sites for hydroxylation is 1. The summed E-state index contributed by atoms with van der Waals surface area (Å²) in [4.78, 5) is 22.9. The van der Waals surface area contributed by atoms with Crippen molar-refractivity contribution in [2.45, 2.75) is 45.1 Å². The van der Waals surface area contributed by atoms with Gasteiger partial charge in [0.2, 0.25) is 11.9 Å². The molecule has 4 rings (SSSR count). The van der Waals surface area contributed by atoms with Gasteiger partial charge in [0.1, 0.15) is 5.82 Å². The Balaban J connectivity index is 1.33. The molecule has 2 aromatic heterocycles. The van der Waals surface area contributed by atoms with E-state index < -0.39 is 0 Å². The Hall–Kier alpha value is -2.20. The van der Waals surface area contributed by atoms with Crippen LogP contribution in [-0.4, -0.2) is 63.3 Å². The van der Waals surface area contributed by atoms with Crippen molar-refractivity contribution in [2.75, 3.05) is 43.4 Å². The third-order valence-electron chi connectivity index (χ3n) is 5.63. The van der Waals surface area contributed by atoms with Crippen molar-refractivity contribution in [3.63, 3.8) is 0 Å². The van der Waals surface area contributed by atoms with Gasteiger partial charge in [-0.25, -0.2) is 4.98 Å². The van der Waals surface area contributed by atoms with Crippen molar-refractivity contribution >= 4 is 39.3 Å². The SMILES string of the molecule is Cc1nn(C2CCNC2)cc1Nc1ncc(Br)c(NCCCN2CCCCC2=O)n1. The van der Waals surface area contributed by atoms with Gasteiger partial charge in [-0.05, 0) is 55.1 Å². The molecule has 9 nitrogen and oxygen atoms in total. The highest BCUT2D eigenvalue weighted by atomic mass is 79.9. The molecule has 0 bridgehead atoms. The normalized spacial score (nSPS) is 19.3. The maximum absolute atomic E-state index is 11.9. The lowest BCUT2D eigenvalue weighted by Crippen LogP contribution is -2.36. The molecule has 1 atom stereocenters. The van der Waals surface area contributed by atoms with Crippen LogP contribution in [0.4, 0.5) is 17.5 Å². The Morgan fingerprint density at radius 1 is 1.37 bits per heavy atom. The highest BCUT2D eigenvalue weighted by molar-refractivity contribution is 9.10. The van der Waals surface area contributed by atoms with Crippen LogP contribution in [0.5, 0.6) is 0 Å². The van der Waals surface area contributed by atoms with E-state index >= 15 is 0 Å². The lowest BCUT2D eigenvalue weighted by molar-refractivity contribution is -0.133. The van der Waals surface area contributed by atoms with Gasteiger partial charge < -0.3 is 20.9 Å². The number of halogens is 1. The van der Waals surface area contributed by atoms with Crippen LogP contribution in [-0.2, 0) is 4.79 Å². The summed E-state index contributed by atoms with van der Waals surface area (Å²) >= 11 is 3.51. The summed E-state index contributed by atoms with van der Waals surface area (Å²) in [6.07, 6.45) is 8.56. The van der Waals surface area contributed by atoms with Crippen molar-refractivity contribution in [1.29, 1.82) is 0 Å². The fourth-order valence-electron chi connectivity index (χ4n) is 3.90. The molecule has 30 heavy (non-hydrogen) atoms. The zero-order valence-electron chi connectivity index (χ0n) is 17.3. The van der Waals surface area contributed by atoms with Crippen molar-refractivity contribution in [2.24, 2.45) is 0 Å². The number of aromatic nitrogens is 4. The highest BCUT2D eigenvalue weighted by Gasteiger charge is 2.19. The number of piperidine rings is 1. The second kappa shape index (κ2) is 9.74. The fourth-order valence-corrected chi connectivity index (χ4v) is 4.23. The van der Waals surface area contributed by atoms with Gasteiger partial charge in [0, 0.05) is 45.0 Å². The first kappa shape index (κ1) is 21.0. The van der Waals surface area contributed by atoms with Crippen LogP contribution in [0, 0.1) is 6.92 Å². The number of carbonyl (C=O) groups is 1. The van der Waals surface area contributed by atoms with Gasteiger partial charge in [0.05, 0.1) is 21.9 Å². The average Bonchev–Trinajstić information content (AvgIpc) is 3.39. The molecule has 2 aliphatic rings. The maximum Gasteiger partial charge on any atom is 0.229 e. The summed E-state index contributed by atoms with van der Waals surface area (Å²) in [7, 11) is 0. The summed E-state index contributed by atoms with van der Waals surface area (Å²) in [5.74, 6) is 1.54. The number of anilines is 3. The number of likely N-dealkylation sites (tertiary alicyclic amines) is 1. The van der Waals surface area contributed by atoms with E-state index in [1.54, 1.807) is 6.20 Å². The van der Waals surface area contributed by atoms with E-state index in [4.69, 9.17) is 0 Å². The van der Waals surface area contributed by atoms with Crippen LogP contribution < -0.4 is 16.0 Å². The van der Waals surface area contributed by atoms with E-state index in [1.165, 1.54) is 0 Å². The molecule has 0 radical (unpaired) electrons. The molecular formula is C20H29BrN8O. The second-order valence-corrected chi connectivity index (χ2v) is 8.74. The average molecular weight is 477 g/mol. The van der Waals surface area contributed by atoms with Crippen LogP contribution in [0.2, 0.25) is 0 Å². The molecule has 1 amide bonds. The fraction of sp³-hybridized carbons (Fsp3) is 0.600. The van der Waals surface area contributed by atoms with Gasteiger partial charge in [-0.15, -0.1) is 0 Å². The van der Waals surface area contributed by atoms with E-state index in [1.807, 2.05) is 22.7 Å². The molecule has 3 N–H and O–H groups in total. The zero-order chi connectivity index (χ0) is 20.9. The molecule has 2 aliphatic heterocycles. The Bertz CT molecular complexity index is 880. The predicted molar refractivity (Wildman–Crippen MR) is 120 cm³/mol. The van der Waals surface area contributed by atoms with E-state index in [2.05, 4.69) is 46.9 Å². The van der Waals surface area contributed by atoms with Crippen molar-refractivity contribution in [3.05, 3.63) is 22.6 Å². The first-order valence-corrected chi connectivity index (χ1v) is 11.5. The number of rotatable bonds is 8. The third-order valence-corrected chi connectivity index (χ3v) is 6.21. The summed E-state index contributed by atoms with van der Waals surface area (Å²) < 4.78 is 2.84. The number of hydrogen-bond donors (Lipinski definition) is 3. The molecule has 2 saturated heterocycles. The molecule has 2 fully saturated rings. The molecule has 0 aliphatic carbocycles. The molecule has 1 unspecified atom stereocenters. The molecular weight excluding hydrogens is 448 g/mol. The van der Waals surface area contributed by atoms with Crippen molar-refractivity contribution < 1.29 is 4.79 Å². The van der Waals surface area contributed by atoms with Crippen LogP contribution in [0.1, 0.15) is 43.8 Å².